The highest BCUT2D eigenvalue weighted by Gasteiger charge is 2.70. The van der Waals surface area contributed by atoms with Crippen molar-refractivity contribution in [1.82, 2.24) is 15.2 Å². The minimum Gasteiger partial charge on any atom is -0.481 e. The van der Waals surface area contributed by atoms with Crippen LogP contribution in [0, 0.1) is 56.7 Å². The molecule has 10 atom stereocenters. The standard InChI is InChI=1S/C49H73N3O5S/c1-34(2)36-15-22-49(51-27-28-52-29-32-58(55,56)33-30-52)24-23-46(6)38(42(36)49)11-12-40-45(5)18-16-37(44(3,4)39(45)17-19-47(40,46)7)35-13-20-48(21-14-35,43(53)54)25-31-57-41-10-8-9-26-50-41/h8-10,13,16,26,36,38-40,42,51H,1,11-12,14-15,17-25,27-33H2,2-7H3,(H,53,54)/t36-,38+,39-,40+,42+,45-,46+,47+,48+,49-/m0/s1. The number of carboxylic acid groups (broad SMARTS) is 1. The molecule has 8 nitrogen and oxygen atoms in total. The van der Waals surface area contributed by atoms with Gasteiger partial charge in [-0.25, -0.2) is 13.4 Å². The number of nitrogens with zero attached hydrogens (tertiary/aromatic N) is 2. The van der Waals surface area contributed by atoms with Crippen LogP contribution in [0.4, 0.5) is 0 Å². The van der Waals surface area contributed by atoms with Crippen molar-refractivity contribution in [2.24, 2.45) is 56.7 Å². The van der Waals surface area contributed by atoms with Crippen molar-refractivity contribution in [2.75, 3.05) is 44.3 Å². The molecule has 0 radical (unpaired) electrons. The number of allylic oxidation sites excluding steroid dienone is 5. The van der Waals surface area contributed by atoms with Gasteiger partial charge in [0.25, 0.3) is 0 Å². The molecule has 0 aromatic carbocycles. The summed E-state index contributed by atoms with van der Waals surface area (Å²) >= 11 is 0. The average molecular weight is 816 g/mol. The Bertz CT molecular complexity index is 1910. The van der Waals surface area contributed by atoms with E-state index in [1.165, 1.54) is 68.1 Å². The Morgan fingerprint density at radius 3 is 2.40 bits per heavy atom. The fraction of sp³-hybridized carbons (Fsp3) is 0.755. The predicted octanol–water partition coefficient (Wildman–Crippen LogP) is 9.30. The van der Waals surface area contributed by atoms with Crippen LogP contribution >= 0.6 is 0 Å². The lowest BCUT2D eigenvalue weighted by molar-refractivity contribution is -0.221. The van der Waals surface area contributed by atoms with Crippen LogP contribution in [-0.4, -0.2) is 79.2 Å². The lowest BCUT2D eigenvalue weighted by Crippen LogP contribution is -2.68. The summed E-state index contributed by atoms with van der Waals surface area (Å²) in [5, 5.41) is 14.7. The average Bonchev–Trinajstić information content (AvgIpc) is 3.56. The summed E-state index contributed by atoms with van der Waals surface area (Å²) in [6.07, 6.45) is 20.2. The quantitative estimate of drug-likeness (QED) is 0.213. The molecule has 0 spiro atoms. The molecule has 0 unspecified atom stereocenters. The topological polar surface area (TPSA) is 109 Å². The zero-order chi connectivity index (χ0) is 41.4. The fourth-order valence-electron chi connectivity index (χ4n) is 15.5. The summed E-state index contributed by atoms with van der Waals surface area (Å²) < 4.78 is 30.0. The van der Waals surface area contributed by atoms with Crippen LogP contribution in [0.1, 0.15) is 125 Å². The number of aliphatic carboxylic acids is 1. The van der Waals surface area contributed by atoms with Gasteiger partial charge in [-0.3, -0.25) is 4.79 Å². The van der Waals surface area contributed by atoms with Crippen molar-refractivity contribution in [3.63, 3.8) is 0 Å². The van der Waals surface area contributed by atoms with E-state index in [2.05, 4.69) is 75.5 Å². The van der Waals surface area contributed by atoms with Crippen molar-refractivity contribution >= 4 is 15.8 Å². The highest BCUT2D eigenvalue weighted by molar-refractivity contribution is 7.91. The van der Waals surface area contributed by atoms with Gasteiger partial charge in [0.2, 0.25) is 5.88 Å². The number of hydrogen-bond acceptors (Lipinski definition) is 7. The molecule has 8 rings (SSSR count). The molecule has 1 aliphatic heterocycles. The molecule has 9 heteroatoms. The molecule has 2 heterocycles. The predicted molar refractivity (Wildman–Crippen MR) is 232 cm³/mol. The number of sulfone groups is 1. The number of fused-ring (bicyclic) bond motifs is 7. The summed E-state index contributed by atoms with van der Waals surface area (Å²) in [6.45, 7) is 23.6. The van der Waals surface area contributed by atoms with Gasteiger partial charge in [-0.1, -0.05) is 65.0 Å². The minimum absolute atomic E-state index is 0.0178. The molecule has 2 N–H and O–H groups in total. The molecule has 7 aliphatic rings. The summed E-state index contributed by atoms with van der Waals surface area (Å²) in [4.78, 5) is 19.4. The van der Waals surface area contributed by atoms with Gasteiger partial charge in [-0.15, -0.1) is 0 Å². The molecule has 0 bridgehead atoms. The lowest BCUT2D eigenvalue weighted by Gasteiger charge is -2.72. The molecule has 1 saturated heterocycles. The number of pyridine rings is 1. The van der Waals surface area contributed by atoms with Gasteiger partial charge in [0, 0.05) is 44.0 Å². The van der Waals surface area contributed by atoms with Crippen LogP contribution in [0.5, 0.6) is 5.88 Å². The first-order valence-corrected chi connectivity index (χ1v) is 24.7. The molecule has 1 aromatic rings. The Labute approximate surface area is 350 Å². The summed E-state index contributed by atoms with van der Waals surface area (Å²) in [5.41, 5.74) is 4.33. The maximum atomic E-state index is 12.8. The third-order valence-electron chi connectivity index (χ3n) is 18.9. The van der Waals surface area contributed by atoms with Crippen molar-refractivity contribution in [3.05, 3.63) is 59.8 Å². The highest BCUT2D eigenvalue weighted by atomic mass is 32.2. The van der Waals surface area contributed by atoms with E-state index in [1.807, 2.05) is 18.2 Å². The normalized spacial score (nSPS) is 41.8. The molecule has 320 valence electrons. The number of hydrogen-bond donors (Lipinski definition) is 2. The number of ether oxygens (including phenoxy) is 1. The number of carboxylic acids is 1. The summed E-state index contributed by atoms with van der Waals surface area (Å²) in [5.74, 6) is 3.49. The monoisotopic (exact) mass is 816 g/mol. The molecule has 1 aromatic heterocycles. The Morgan fingerprint density at radius 1 is 0.948 bits per heavy atom. The second kappa shape index (κ2) is 15.1. The van der Waals surface area contributed by atoms with E-state index in [1.54, 1.807) is 6.20 Å². The third kappa shape index (κ3) is 6.87. The Balaban J connectivity index is 0.995. The second-order valence-corrected chi connectivity index (χ2v) is 23.9. The smallest absolute Gasteiger partial charge is 0.310 e. The number of nitrogens with one attached hydrogen (secondary N) is 1. The maximum Gasteiger partial charge on any atom is 0.310 e. The van der Waals surface area contributed by atoms with E-state index in [-0.39, 0.29) is 27.2 Å². The zero-order valence-electron chi connectivity index (χ0n) is 36.6. The third-order valence-corrected chi connectivity index (χ3v) is 20.5. The maximum absolute atomic E-state index is 12.8. The number of carbonyl (C=O) groups is 1. The van der Waals surface area contributed by atoms with Crippen molar-refractivity contribution < 1.29 is 23.1 Å². The van der Waals surface area contributed by atoms with Gasteiger partial charge in [-0.2, -0.15) is 0 Å². The summed E-state index contributed by atoms with van der Waals surface area (Å²) in [7, 11) is -2.87. The minimum atomic E-state index is -2.87. The summed E-state index contributed by atoms with van der Waals surface area (Å²) in [6, 6.07) is 5.57. The largest absolute Gasteiger partial charge is 0.481 e. The van der Waals surface area contributed by atoms with E-state index >= 15 is 0 Å². The van der Waals surface area contributed by atoms with E-state index in [4.69, 9.17) is 4.74 Å². The van der Waals surface area contributed by atoms with Crippen LogP contribution < -0.4 is 10.1 Å². The van der Waals surface area contributed by atoms with Crippen LogP contribution in [0.3, 0.4) is 0 Å². The van der Waals surface area contributed by atoms with Gasteiger partial charge < -0.3 is 20.1 Å². The zero-order valence-corrected chi connectivity index (χ0v) is 37.4. The molecule has 6 aliphatic carbocycles. The Kier molecular flexibility index (Phi) is 11.0. The molecule has 58 heavy (non-hydrogen) atoms. The van der Waals surface area contributed by atoms with Crippen molar-refractivity contribution in [3.8, 4) is 5.88 Å². The van der Waals surface area contributed by atoms with Crippen LogP contribution in [0.25, 0.3) is 0 Å². The van der Waals surface area contributed by atoms with E-state index in [9.17, 15) is 18.3 Å². The highest BCUT2D eigenvalue weighted by Crippen LogP contribution is 2.76. The van der Waals surface area contributed by atoms with Crippen LogP contribution in [-0.2, 0) is 14.6 Å². The number of aromatic nitrogens is 1. The van der Waals surface area contributed by atoms with Crippen molar-refractivity contribution in [1.29, 1.82) is 0 Å². The molecule has 0 amide bonds. The van der Waals surface area contributed by atoms with Crippen molar-refractivity contribution in [2.45, 2.75) is 131 Å². The SMILES string of the molecule is C=C(C)[C@@H]1CC[C@]2(NCCN3CCS(=O)(=O)CC3)CC[C@]3(C)[C@H](CC[C@@H]4[C@@]5(C)CC=C(C6=CC[C@@](CCOc7ccccn7)(C(=O)O)CC6)C(C)(C)[C@@H]5CC[C@]43C)[C@@H]12. The van der Waals surface area contributed by atoms with Gasteiger partial charge in [0.05, 0.1) is 23.5 Å². The van der Waals surface area contributed by atoms with Gasteiger partial charge in [-0.05, 0) is 159 Å². The Hall–Kier alpha value is -2.49. The van der Waals surface area contributed by atoms with Gasteiger partial charge in [0.15, 0.2) is 9.84 Å². The van der Waals surface area contributed by atoms with E-state index in [0.717, 1.165) is 25.9 Å². The first-order valence-electron chi connectivity index (χ1n) is 22.9. The first kappa shape index (κ1) is 42.2. The van der Waals surface area contributed by atoms with Crippen LogP contribution in [0.15, 0.2) is 59.8 Å². The Morgan fingerprint density at radius 2 is 1.72 bits per heavy atom. The van der Waals surface area contributed by atoms with E-state index in [0.29, 0.717) is 85.9 Å². The van der Waals surface area contributed by atoms with Gasteiger partial charge in [0.1, 0.15) is 0 Å². The molecular formula is C49H73N3O5S. The molecular weight excluding hydrogens is 743 g/mol. The van der Waals surface area contributed by atoms with Crippen LogP contribution in [0.2, 0.25) is 0 Å². The number of rotatable bonds is 11. The first-order chi connectivity index (χ1) is 27.4. The second-order valence-electron chi connectivity index (χ2n) is 21.6. The van der Waals surface area contributed by atoms with Gasteiger partial charge >= 0.3 is 5.97 Å². The van der Waals surface area contributed by atoms with E-state index < -0.39 is 21.2 Å². The lowest BCUT2D eigenvalue weighted by atomic mass is 9.33. The molecule has 4 saturated carbocycles. The molecule has 5 fully saturated rings. The fourth-order valence-corrected chi connectivity index (χ4v) is 16.8.